The van der Waals surface area contributed by atoms with Crippen LogP contribution in [0.2, 0.25) is 0 Å². The van der Waals surface area contributed by atoms with Gasteiger partial charge in [-0.15, -0.1) is 0 Å². The normalized spacial score (nSPS) is 20.5. The van der Waals surface area contributed by atoms with E-state index in [9.17, 15) is 4.79 Å². The first-order valence-electron chi connectivity index (χ1n) is 13.2. The van der Waals surface area contributed by atoms with Gasteiger partial charge >= 0.3 is 13.1 Å². The highest BCUT2D eigenvalue weighted by atomic mass is 19.1. The average molecular weight is 522 g/mol. The Morgan fingerprint density at radius 3 is 2.39 bits per heavy atom. The number of carbonyl (C=O) groups is 1. The minimum Gasteiger partial charge on any atom is -0.456 e. The van der Waals surface area contributed by atoms with Gasteiger partial charge < -0.3 is 23.3 Å². The summed E-state index contributed by atoms with van der Waals surface area (Å²) in [5.74, 6) is -0.0257. The summed E-state index contributed by atoms with van der Waals surface area (Å²) in [4.78, 5) is 17.5. The van der Waals surface area contributed by atoms with Crippen LogP contribution in [0, 0.1) is 5.82 Å². The number of fused-ring (bicyclic) bond motifs is 1. The number of rotatable bonds is 6. The van der Waals surface area contributed by atoms with Crippen molar-refractivity contribution in [3.8, 4) is 0 Å². The Bertz CT molecular complexity index is 1360. The Morgan fingerprint density at radius 2 is 1.82 bits per heavy atom. The molecule has 3 aromatic rings. The third-order valence-electron chi connectivity index (χ3n) is 7.59. The predicted octanol–water partition coefficient (Wildman–Crippen LogP) is 4.81. The van der Waals surface area contributed by atoms with E-state index in [0.29, 0.717) is 35.4 Å². The molecule has 202 valence electrons. The van der Waals surface area contributed by atoms with Crippen LogP contribution in [0.1, 0.15) is 76.6 Å². The molecule has 2 saturated heterocycles. The van der Waals surface area contributed by atoms with Gasteiger partial charge in [0.2, 0.25) is 0 Å². The van der Waals surface area contributed by atoms with Crippen molar-refractivity contribution >= 4 is 29.6 Å². The first-order valence-corrected chi connectivity index (χ1v) is 13.2. The fourth-order valence-electron chi connectivity index (χ4n) is 4.61. The van der Waals surface area contributed by atoms with Crippen molar-refractivity contribution in [2.24, 2.45) is 0 Å². The largest absolute Gasteiger partial charge is 0.494 e. The molecule has 2 aliphatic heterocycles. The summed E-state index contributed by atoms with van der Waals surface area (Å²) in [5, 5.41) is 0. The fourth-order valence-corrected chi connectivity index (χ4v) is 4.61. The van der Waals surface area contributed by atoms with Gasteiger partial charge in [-0.2, -0.15) is 0 Å². The number of esters is 1. The molecule has 0 bridgehead atoms. The highest BCUT2D eigenvalue weighted by molar-refractivity contribution is 6.62. The number of hydrogen-bond acceptors (Lipinski definition) is 6. The summed E-state index contributed by atoms with van der Waals surface area (Å²) in [5.41, 5.74) is 1.55. The second-order valence-corrected chi connectivity index (χ2v) is 12.2. The van der Waals surface area contributed by atoms with E-state index in [2.05, 4.69) is 0 Å². The molecule has 2 aromatic carbocycles. The zero-order chi connectivity index (χ0) is 27.5. The molecule has 1 atom stereocenters. The minimum atomic E-state index is -0.629. The Labute approximate surface area is 223 Å². The summed E-state index contributed by atoms with van der Waals surface area (Å²) < 4.78 is 40.9. The summed E-state index contributed by atoms with van der Waals surface area (Å²) in [6.45, 7) is 14.7. The summed E-state index contributed by atoms with van der Waals surface area (Å²) >= 11 is 0. The SMILES string of the molecule is CC(C)(C)OC(=O)c1ccc2nc(Cc3ccc(B4OC(C)(C)C(C)(C)O4)cc3F)n(CC3CCO3)c2c1. The molecule has 0 saturated carbocycles. The molecule has 0 spiro atoms. The molecule has 2 aliphatic rings. The van der Waals surface area contributed by atoms with Crippen LogP contribution in [0.4, 0.5) is 4.39 Å². The number of hydrogen-bond donors (Lipinski definition) is 0. The highest BCUT2D eigenvalue weighted by Crippen LogP contribution is 2.36. The molecule has 5 rings (SSSR count). The van der Waals surface area contributed by atoms with Crippen LogP contribution in [-0.4, -0.2) is 52.2 Å². The molecule has 7 nitrogen and oxygen atoms in total. The van der Waals surface area contributed by atoms with Crippen molar-refractivity contribution < 1.29 is 28.0 Å². The maximum Gasteiger partial charge on any atom is 0.494 e. The number of imidazole rings is 1. The van der Waals surface area contributed by atoms with Crippen molar-refractivity contribution in [2.75, 3.05) is 6.61 Å². The number of benzene rings is 2. The lowest BCUT2D eigenvalue weighted by Gasteiger charge is -2.32. The van der Waals surface area contributed by atoms with E-state index in [4.69, 9.17) is 23.8 Å². The average Bonchev–Trinajstić information content (AvgIpc) is 3.22. The summed E-state index contributed by atoms with van der Waals surface area (Å²) in [6, 6.07) is 10.4. The highest BCUT2D eigenvalue weighted by Gasteiger charge is 2.51. The molecule has 0 N–H and O–H groups in total. The smallest absolute Gasteiger partial charge is 0.456 e. The number of carbonyl (C=O) groups excluding carboxylic acids is 1. The number of nitrogens with zero attached hydrogens (tertiary/aromatic N) is 2. The molecule has 38 heavy (non-hydrogen) atoms. The Balaban J connectivity index is 1.44. The van der Waals surface area contributed by atoms with Gasteiger partial charge in [-0.3, -0.25) is 0 Å². The maximum absolute atomic E-state index is 15.4. The molecule has 0 amide bonds. The van der Waals surface area contributed by atoms with Gasteiger partial charge in [0.1, 0.15) is 17.2 Å². The van der Waals surface area contributed by atoms with Gasteiger partial charge in [0.05, 0.1) is 40.4 Å². The quantitative estimate of drug-likeness (QED) is 0.342. The van der Waals surface area contributed by atoms with Gasteiger partial charge in [-0.05, 0) is 90.2 Å². The zero-order valence-electron chi connectivity index (χ0n) is 23.3. The number of aromatic nitrogens is 2. The zero-order valence-corrected chi connectivity index (χ0v) is 23.3. The van der Waals surface area contributed by atoms with Gasteiger partial charge in [0, 0.05) is 13.0 Å². The lowest BCUT2D eigenvalue weighted by Crippen LogP contribution is -2.41. The van der Waals surface area contributed by atoms with Crippen molar-refractivity contribution in [1.82, 2.24) is 9.55 Å². The molecule has 9 heteroatoms. The molecular formula is C29H36BFN2O5. The Morgan fingerprint density at radius 1 is 1.13 bits per heavy atom. The van der Waals surface area contributed by atoms with Crippen LogP contribution < -0.4 is 5.46 Å². The molecule has 0 aliphatic carbocycles. The third kappa shape index (κ3) is 5.24. The van der Waals surface area contributed by atoms with E-state index >= 15 is 4.39 Å². The second kappa shape index (κ2) is 9.47. The predicted molar refractivity (Wildman–Crippen MR) is 144 cm³/mol. The Kier molecular flexibility index (Phi) is 6.69. The third-order valence-corrected chi connectivity index (χ3v) is 7.59. The van der Waals surface area contributed by atoms with Crippen LogP contribution in [0.5, 0.6) is 0 Å². The van der Waals surface area contributed by atoms with Gasteiger partial charge in [0.25, 0.3) is 0 Å². The lowest BCUT2D eigenvalue weighted by atomic mass is 9.78. The standard InChI is InChI=1S/C29H36BFN2O5/c1-27(2,3)36-26(34)19-9-11-23-24(14-19)33(17-21-12-13-35-21)25(32-23)15-18-8-10-20(16-22(18)31)30-37-28(4,5)29(6,7)38-30/h8-11,14,16,21H,12-13,15,17H2,1-7H3. The number of ether oxygens (including phenoxy) is 2. The van der Waals surface area contributed by atoms with Crippen LogP contribution >= 0.6 is 0 Å². The van der Waals surface area contributed by atoms with E-state index in [0.717, 1.165) is 24.1 Å². The molecule has 2 fully saturated rings. The molecule has 3 heterocycles. The van der Waals surface area contributed by atoms with Gasteiger partial charge in [0.15, 0.2) is 0 Å². The number of halogens is 1. The van der Waals surface area contributed by atoms with Gasteiger partial charge in [-0.1, -0.05) is 12.1 Å². The van der Waals surface area contributed by atoms with Crippen molar-refractivity contribution in [3.63, 3.8) is 0 Å². The minimum absolute atomic E-state index is 0.0620. The van der Waals surface area contributed by atoms with Crippen LogP contribution in [-0.2, 0) is 31.7 Å². The summed E-state index contributed by atoms with van der Waals surface area (Å²) in [7, 11) is -0.629. The lowest BCUT2D eigenvalue weighted by molar-refractivity contribution is -0.0589. The van der Waals surface area contributed by atoms with Crippen molar-refractivity contribution in [3.05, 3.63) is 59.2 Å². The molecule has 1 unspecified atom stereocenters. The van der Waals surface area contributed by atoms with Crippen LogP contribution in [0.15, 0.2) is 36.4 Å². The topological polar surface area (TPSA) is 71.8 Å². The summed E-state index contributed by atoms with van der Waals surface area (Å²) in [6.07, 6.45) is 1.30. The molecule has 1 aromatic heterocycles. The second-order valence-electron chi connectivity index (χ2n) is 12.2. The van der Waals surface area contributed by atoms with Crippen LogP contribution in [0.25, 0.3) is 11.0 Å². The van der Waals surface area contributed by atoms with Crippen molar-refractivity contribution in [2.45, 2.75) is 90.8 Å². The maximum atomic E-state index is 15.4. The van der Waals surface area contributed by atoms with E-state index < -0.39 is 29.9 Å². The first-order chi connectivity index (χ1) is 17.7. The fraction of sp³-hybridized carbons (Fsp3) is 0.517. The van der Waals surface area contributed by atoms with E-state index in [1.807, 2.05) is 65.2 Å². The molecule has 0 radical (unpaired) electrons. The van der Waals surface area contributed by atoms with Crippen molar-refractivity contribution in [1.29, 1.82) is 0 Å². The molecular weight excluding hydrogens is 486 g/mol. The van der Waals surface area contributed by atoms with Crippen LogP contribution in [0.3, 0.4) is 0 Å². The van der Waals surface area contributed by atoms with Gasteiger partial charge in [-0.25, -0.2) is 14.2 Å². The van der Waals surface area contributed by atoms with E-state index in [1.54, 1.807) is 18.2 Å². The first kappa shape index (κ1) is 26.8. The monoisotopic (exact) mass is 522 g/mol. The Hall–Kier alpha value is -2.75. The van der Waals surface area contributed by atoms with E-state index in [1.165, 1.54) is 6.07 Å². The van der Waals surface area contributed by atoms with E-state index in [-0.39, 0.29) is 11.9 Å².